The summed E-state index contributed by atoms with van der Waals surface area (Å²) in [4.78, 5) is 23.9. The highest BCUT2D eigenvalue weighted by molar-refractivity contribution is 5.88. The third-order valence-electron chi connectivity index (χ3n) is 2.72. The molecule has 5 heteroatoms. The van der Waals surface area contributed by atoms with Gasteiger partial charge < -0.3 is 10.2 Å². The second kappa shape index (κ2) is 4.95. The van der Waals surface area contributed by atoms with E-state index in [9.17, 15) is 14.0 Å². The third-order valence-corrected chi connectivity index (χ3v) is 2.72. The second-order valence-electron chi connectivity index (χ2n) is 3.92. The summed E-state index contributed by atoms with van der Waals surface area (Å²) < 4.78 is 13.7. The van der Waals surface area contributed by atoms with Gasteiger partial charge in [-0.15, -0.1) is 0 Å². The molecule has 1 amide bonds. The largest absolute Gasteiger partial charge is 0.359 e. The molecule has 1 aliphatic rings. The summed E-state index contributed by atoms with van der Waals surface area (Å²) in [5.41, 5.74) is 0.499. The van der Waals surface area contributed by atoms with Gasteiger partial charge in [0, 0.05) is 18.7 Å². The zero-order chi connectivity index (χ0) is 12.3. The van der Waals surface area contributed by atoms with Gasteiger partial charge in [0.2, 0.25) is 5.91 Å². The van der Waals surface area contributed by atoms with Crippen molar-refractivity contribution in [2.24, 2.45) is 0 Å². The number of hydrogen-bond acceptors (Lipinski definition) is 3. The highest BCUT2D eigenvalue weighted by Crippen LogP contribution is 2.23. The van der Waals surface area contributed by atoms with Crippen molar-refractivity contribution in [1.82, 2.24) is 5.32 Å². The molecule has 0 unspecified atom stereocenters. The maximum Gasteiger partial charge on any atom is 0.239 e. The van der Waals surface area contributed by atoms with Crippen molar-refractivity contribution in [3.63, 3.8) is 0 Å². The van der Waals surface area contributed by atoms with Crippen molar-refractivity contribution in [1.29, 1.82) is 0 Å². The van der Waals surface area contributed by atoms with Crippen LogP contribution >= 0.6 is 0 Å². The molecule has 0 aromatic heterocycles. The van der Waals surface area contributed by atoms with E-state index in [4.69, 9.17) is 0 Å². The molecule has 1 aromatic rings. The van der Waals surface area contributed by atoms with Crippen LogP contribution in [0, 0.1) is 5.82 Å². The lowest BCUT2D eigenvalue weighted by Gasteiger charge is -2.23. The number of hydrogen-bond donors (Lipinski definition) is 1. The minimum Gasteiger partial charge on any atom is -0.359 e. The number of halogens is 1. The highest BCUT2D eigenvalue weighted by Gasteiger charge is 2.20. The Morgan fingerprint density at radius 3 is 3.00 bits per heavy atom. The van der Waals surface area contributed by atoms with Crippen LogP contribution in [0.4, 0.5) is 10.1 Å². The summed E-state index contributed by atoms with van der Waals surface area (Å²) in [6, 6.07) is 4.33. The molecule has 1 fully saturated rings. The first-order valence-electron chi connectivity index (χ1n) is 5.47. The minimum atomic E-state index is -0.468. The van der Waals surface area contributed by atoms with E-state index in [0.29, 0.717) is 19.4 Å². The normalized spacial score (nSPS) is 16.3. The number of amides is 1. The quantitative estimate of drug-likeness (QED) is 0.778. The molecule has 4 nitrogen and oxygen atoms in total. The Labute approximate surface area is 98.4 Å². The number of anilines is 1. The van der Waals surface area contributed by atoms with Crippen LogP contribution in [0.5, 0.6) is 0 Å². The molecular formula is C12H13FN2O2. The molecule has 1 aromatic carbocycles. The number of carbonyl (C=O) groups is 2. The fraction of sp³-hybridized carbons (Fsp3) is 0.333. The van der Waals surface area contributed by atoms with Gasteiger partial charge in [-0.3, -0.25) is 9.59 Å². The third kappa shape index (κ3) is 2.43. The summed E-state index contributed by atoms with van der Waals surface area (Å²) in [5, 5.41) is 2.71. The summed E-state index contributed by atoms with van der Waals surface area (Å²) in [7, 11) is 0. The van der Waals surface area contributed by atoms with E-state index < -0.39 is 5.82 Å². The SMILES string of the molecule is O=Cc1cccc(F)c1N1CCCNC(=O)C1. The van der Waals surface area contributed by atoms with Gasteiger partial charge in [0.15, 0.2) is 6.29 Å². The molecule has 0 saturated carbocycles. The summed E-state index contributed by atoms with van der Waals surface area (Å²) in [5.74, 6) is -0.619. The van der Waals surface area contributed by atoms with Crippen LogP contribution < -0.4 is 10.2 Å². The number of carbonyl (C=O) groups excluding carboxylic acids is 2. The van der Waals surface area contributed by atoms with Gasteiger partial charge in [0.05, 0.1) is 12.2 Å². The van der Waals surface area contributed by atoms with Crippen molar-refractivity contribution in [2.45, 2.75) is 6.42 Å². The maximum absolute atomic E-state index is 13.7. The van der Waals surface area contributed by atoms with Gasteiger partial charge in [-0.25, -0.2) is 4.39 Å². The van der Waals surface area contributed by atoms with Crippen LogP contribution in [-0.4, -0.2) is 31.8 Å². The molecule has 0 spiro atoms. The fourth-order valence-electron chi connectivity index (χ4n) is 1.96. The molecule has 1 saturated heterocycles. The van der Waals surface area contributed by atoms with Gasteiger partial charge in [0.25, 0.3) is 0 Å². The molecule has 1 N–H and O–H groups in total. The average Bonchev–Trinajstić information content (AvgIpc) is 2.53. The molecule has 90 valence electrons. The van der Waals surface area contributed by atoms with E-state index in [-0.39, 0.29) is 23.7 Å². The number of aldehydes is 1. The van der Waals surface area contributed by atoms with Crippen LogP contribution in [0.15, 0.2) is 18.2 Å². The number of rotatable bonds is 2. The first kappa shape index (κ1) is 11.6. The smallest absolute Gasteiger partial charge is 0.239 e. The summed E-state index contributed by atoms with van der Waals surface area (Å²) >= 11 is 0. The van der Waals surface area contributed by atoms with Crippen LogP contribution in [-0.2, 0) is 4.79 Å². The van der Waals surface area contributed by atoms with Crippen molar-refractivity contribution in [3.05, 3.63) is 29.6 Å². The minimum absolute atomic E-state index is 0.0851. The molecule has 0 aliphatic carbocycles. The van der Waals surface area contributed by atoms with E-state index in [2.05, 4.69) is 5.32 Å². The molecule has 1 aliphatic heterocycles. The molecule has 1 heterocycles. The Morgan fingerprint density at radius 2 is 2.24 bits per heavy atom. The van der Waals surface area contributed by atoms with Crippen LogP contribution in [0.1, 0.15) is 16.8 Å². The van der Waals surface area contributed by atoms with Gasteiger partial charge in [-0.05, 0) is 18.6 Å². The second-order valence-corrected chi connectivity index (χ2v) is 3.92. The van der Waals surface area contributed by atoms with Gasteiger partial charge in [0.1, 0.15) is 5.82 Å². The Kier molecular flexibility index (Phi) is 3.37. The average molecular weight is 236 g/mol. The molecule has 0 atom stereocenters. The van der Waals surface area contributed by atoms with Gasteiger partial charge >= 0.3 is 0 Å². The van der Waals surface area contributed by atoms with E-state index in [1.807, 2.05) is 0 Å². The number of nitrogens with one attached hydrogen (secondary N) is 1. The summed E-state index contributed by atoms with van der Waals surface area (Å²) in [6.07, 6.45) is 1.35. The predicted octanol–water partition coefficient (Wildman–Crippen LogP) is 0.964. The molecule has 2 rings (SSSR count). The predicted molar refractivity (Wildman–Crippen MR) is 61.6 cm³/mol. The molecule has 0 radical (unpaired) electrons. The topological polar surface area (TPSA) is 49.4 Å². The van der Waals surface area contributed by atoms with Crippen molar-refractivity contribution >= 4 is 17.9 Å². The number of benzene rings is 1. The Hall–Kier alpha value is -1.91. The Bertz CT molecular complexity index is 448. The van der Waals surface area contributed by atoms with Crippen LogP contribution in [0.3, 0.4) is 0 Å². The highest BCUT2D eigenvalue weighted by atomic mass is 19.1. The van der Waals surface area contributed by atoms with Gasteiger partial charge in [-0.2, -0.15) is 0 Å². The summed E-state index contributed by atoms with van der Waals surface area (Å²) in [6.45, 7) is 1.22. The van der Waals surface area contributed by atoms with E-state index in [1.54, 1.807) is 11.0 Å². The van der Waals surface area contributed by atoms with Crippen molar-refractivity contribution in [3.8, 4) is 0 Å². The van der Waals surface area contributed by atoms with Crippen molar-refractivity contribution in [2.75, 3.05) is 24.5 Å². The lowest BCUT2D eigenvalue weighted by Crippen LogP contribution is -2.34. The van der Waals surface area contributed by atoms with E-state index in [0.717, 1.165) is 6.42 Å². The standard InChI is InChI=1S/C12H13FN2O2/c13-10-4-1-3-9(8-16)12(10)15-6-2-5-14-11(17)7-15/h1,3-4,8H,2,5-7H2,(H,14,17). The number of para-hydroxylation sites is 1. The first-order valence-corrected chi connectivity index (χ1v) is 5.47. The monoisotopic (exact) mass is 236 g/mol. The van der Waals surface area contributed by atoms with Crippen LogP contribution in [0.2, 0.25) is 0 Å². The molecule has 0 bridgehead atoms. The first-order chi connectivity index (χ1) is 8.22. The maximum atomic E-state index is 13.7. The van der Waals surface area contributed by atoms with Gasteiger partial charge in [-0.1, -0.05) is 6.07 Å². The van der Waals surface area contributed by atoms with E-state index >= 15 is 0 Å². The zero-order valence-electron chi connectivity index (χ0n) is 9.28. The lowest BCUT2D eigenvalue weighted by atomic mass is 10.1. The van der Waals surface area contributed by atoms with E-state index in [1.165, 1.54) is 12.1 Å². The van der Waals surface area contributed by atoms with Crippen LogP contribution in [0.25, 0.3) is 0 Å². The Morgan fingerprint density at radius 1 is 1.41 bits per heavy atom. The molecule has 17 heavy (non-hydrogen) atoms. The zero-order valence-corrected chi connectivity index (χ0v) is 9.28. The van der Waals surface area contributed by atoms with Crippen molar-refractivity contribution < 1.29 is 14.0 Å². The fourth-order valence-corrected chi connectivity index (χ4v) is 1.96. The molecular weight excluding hydrogens is 223 g/mol. The number of nitrogens with zero attached hydrogens (tertiary/aromatic N) is 1. The lowest BCUT2D eigenvalue weighted by molar-refractivity contribution is -0.119. The Balaban J connectivity index is 2.37.